The molecule has 0 fully saturated rings. The molecular formula is C15H13ClN4O2S. The highest BCUT2D eigenvalue weighted by molar-refractivity contribution is 7.92. The molecule has 0 aliphatic carbocycles. The van der Waals surface area contributed by atoms with Gasteiger partial charge in [-0.05, 0) is 29.8 Å². The number of fused-ring (bicyclic) bond motifs is 1. The Kier molecular flexibility index (Phi) is 4.16. The second kappa shape index (κ2) is 6.11. The van der Waals surface area contributed by atoms with E-state index in [2.05, 4.69) is 14.7 Å². The molecule has 0 radical (unpaired) electrons. The minimum absolute atomic E-state index is 0.119. The van der Waals surface area contributed by atoms with E-state index in [1.165, 1.54) is 18.3 Å². The second-order valence-corrected chi connectivity index (χ2v) is 6.91. The number of aromatic nitrogens is 2. The third-order valence-corrected chi connectivity index (χ3v) is 4.86. The molecule has 0 bridgehead atoms. The Balaban J connectivity index is 1.97. The van der Waals surface area contributed by atoms with Crippen molar-refractivity contribution in [3.63, 3.8) is 0 Å². The molecule has 0 atom stereocenters. The number of rotatable bonds is 4. The highest BCUT2D eigenvalue weighted by Crippen LogP contribution is 2.22. The number of anilines is 1. The Morgan fingerprint density at radius 2 is 1.96 bits per heavy atom. The predicted molar refractivity (Wildman–Crippen MR) is 89.7 cm³/mol. The zero-order valence-corrected chi connectivity index (χ0v) is 13.5. The Labute approximate surface area is 138 Å². The van der Waals surface area contributed by atoms with Crippen LogP contribution in [0.1, 0.15) is 5.56 Å². The van der Waals surface area contributed by atoms with E-state index in [0.29, 0.717) is 16.1 Å². The van der Waals surface area contributed by atoms with Crippen molar-refractivity contribution in [1.82, 2.24) is 9.97 Å². The Hall–Kier alpha value is -2.22. The lowest BCUT2D eigenvalue weighted by molar-refractivity contribution is 0.601. The topological polar surface area (TPSA) is 98.0 Å². The lowest BCUT2D eigenvalue weighted by atomic mass is 10.2. The number of para-hydroxylation sites is 1. The molecule has 118 valence electrons. The van der Waals surface area contributed by atoms with Gasteiger partial charge in [0.25, 0.3) is 10.0 Å². The average Bonchev–Trinajstić information content (AvgIpc) is 2.54. The molecule has 0 amide bonds. The van der Waals surface area contributed by atoms with Crippen LogP contribution < -0.4 is 10.5 Å². The van der Waals surface area contributed by atoms with E-state index in [-0.39, 0.29) is 17.3 Å². The van der Waals surface area contributed by atoms with Gasteiger partial charge in [0.15, 0.2) is 5.82 Å². The summed E-state index contributed by atoms with van der Waals surface area (Å²) in [4.78, 5) is 8.50. The maximum absolute atomic E-state index is 12.4. The molecule has 0 aliphatic heterocycles. The number of nitrogens with zero attached hydrogens (tertiary/aromatic N) is 2. The van der Waals surface area contributed by atoms with Gasteiger partial charge >= 0.3 is 0 Å². The van der Waals surface area contributed by atoms with Gasteiger partial charge in [-0.1, -0.05) is 29.8 Å². The maximum Gasteiger partial charge on any atom is 0.263 e. The summed E-state index contributed by atoms with van der Waals surface area (Å²) in [5, 5.41) is 0.458. The van der Waals surface area contributed by atoms with E-state index in [1.807, 2.05) is 0 Å². The number of sulfonamides is 1. The van der Waals surface area contributed by atoms with E-state index in [4.69, 9.17) is 17.3 Å². The molecule has 8 heteroatoms. The largest absolute Gasteiger partial charge is 0.326 e. The van der Waals surface area contributed by atoms with Crippen LogP contribution in [0.2, 0.25) is 5.02 Å². The van der Waals surface area contributed by atoms with Crippen molar-refractivity contribution in [3.8, 4) is 0 Å². The molecular weight excluding hydrogens is 336 g/mol. The van der Waals surface area contributed by atoms with Gasteiger partial charge in [-0.3, -0.25) is 4.72 Å². The third-order valence-electron chi connectivity index (χ3n) is 3.21. The van der Waals surface area contributed by atoms with Crippen LogP contribution >= 0.6 is 11.6 Å². The first-order valence-electron chi connectivity index (χ1n) is 6.73. The molecule has 0 aliphatic rings. The minimum Gasteiger partial charge on any atom is -0.326 e. The van der Waals surface area contributed by atoms with Gasteiger partial charge in [-0.25, -0.2) is 18.4 Å². The number of nitrogens with two attached hydrogens (primary N) is 1. The number of benzene rings is 2. The van der Waals surface area contributed by atoms with Crippen LogP contribution in [0.5, 0.6) is 0 Å². The molecule has 0 spiro atoms. The first kappa shape index (κ1) is 15.7. The highest BCUT2D eigenvalue weighted by Gasteiger charge is 2.16. The van der Waals surface area contributed by atoms with Crippen LogP contribution in [0, 0.1) is 0 Å². The van der Waals surface area contributed by atoms with Crippen molar-refractivity contribution in [3.05, 3.63) is 59.2 Å². The van der Waals surface area contributed by atoms with Crippen molar-refractivity contribution >= 4 is 38.5 Å². The molecule has 0 saturated carbocycles. The summed E-state index contributed by atoms with van der Waals surface area (Å²) in [5.41, 5.74) is 7.29. The zero-order chi connectivity index (χ0) is 16.4. The van der Waals surface area contributed by atoms with E-state index >= 15 is 0 Å². The summed E-state index contributed by atoms with van der Waals surface area (Å²) >= 11 is 6.02. The van der Waals surface area contributed by atoms with Crippen molar-refractivity contribution in [1.29, 1.82) is 0 Å². The third kappa shape index (κ3) is 3.26. The maximum atomic E-state index is 12.4. The van der Waals surface area contributed by atoms with Crippen LogP contribution in [0.15, 0.2) is 53.6 Å². The van der Waals surface area contributed by atoms with Crippen molar-refractivity contribution in [2.24, 2.45) is 5.73 Å². The fourth-order valence-electron chi connectivity index (χ4n) is 2.09. The SMILES string of the molecule is NCc1cccc(S(=O)(=O)Nc2cnc3c(Cl)cccc3n2)c1. The molecule has 3 aromatic rings. The van der Waals surface area contributed by atoms with Gasteiger partial charge in [-0.2, -0.15) is 0 Å². The monoisotopic (exact) mass is 348 g/mol. The van der Waals surface area contributed by atoms with Crippen molar-refractivity contribution < 1.29 is 8.42 Å². The van der Waals surface area contributed by atoms with Crippen molar-refractivity contribution in [2.45, 2.75) is 11.4 Å². The summed E-state index contributed by atoms with van der Waals surface area (Å²) < 4.78 is 27.3. The van der Waals surface area contributed by atoms with Crippen LogP contribution in [-0.2, 0) is 16.6 Å². The first-order valence-corrected chi connectivity index (χ1v) is 8.59. The van der Waals surface area contributed by atoms with Crippen LogP contribution in [0.25, 0.3) is 11.0 Å². The Bertz CT molecular complexity index is 976. The van der Waals surface area contributed by atoms with E-state index in [9.17, 15) is 8.42 Å². The Morgan fingerprint density at radius 3 is 2.74 bits per heavy atom. The smallest absolute Gasteiger partial charge is 0.263 e. The lowest BCUT2D eigenvalue weighted by Gasteiger charge is -2.09. The van der Waals surface area contributed by atoms with Gasteiger partial charge in [0, 0.05) is 6.54 Å². The van der Waals surface area contributed by atoms with Gasteiger partial charge < -0.3 is 5.73 Å². The lowest BCUT2D eigenvalue weighted by Crippen LogP contribution is -2.14. The van der Waals surface area contributed by atoms with E-state index < -0.39 is 10.0 Å². The molecule has 23 heavy (non-hydrogen) atoms. The van der Waals surface area contributed by atoms with E-state index in [0.717, 1.165) is 5.56 Å². The molecule has 2 aromatic carbocycles. The molecule has 0 saturated heterocycles. The van der Waals surface area contributed by atoms with Gasteiger partial charge in [0.2, 0.25) is 0 Å². The number of halogens is 1. The number of nitrogens with one attached hydrogen (secondary N) is 1. The molecule has 3 rings (SSSR count). The van der Waals surface area contributed by atoms with Crippen LogP contribution in [0.4, 0.5) is 5.82 Å². The summed E-state index contributed by atoms with van der Waals surface area (Å²) in [7, 11) is -3.77. The Morgan fingerprint density at radius 1 is 1.17 bits per heavy atom. The minimum atomic E-state index is -3.77. The summed E-state index contributed by atoms with van der Waals surface area (Å²) in [6, 6.07) is 11.5. The summed E-state index contributed by atoms with van der Waals surface area (Å²) in [6.45, 7) is 0.262. The average molecular weight is 349 g/mol. The normalized spacial score (nSPS) is 11.6. The van der Waals surface area contributed by atoms with E-state index in [1.54, 1.807) is 30.3 Å². The molecule has 0 unspecified atom stereocenters. The fourth-order valence-corrected chi connectivity index (χ4v) is 3.37. The number of hydrogen-bond acceptors (Lipinski definition) is 5. The quantitative estimate of drug-likeness (QED) is 0.755. The van der Waals surface area contributed by atoms with Gasteiger partial charge in [-0.15, -0.1) is 0 Å². The first-order chi connectivity index (χ1) is 11.0. The highest BCUT2D eigenvalue weighted by atomic mass is 35.5. The molecule has 3 N–H and O–H groups in total. The van der Waals surface area contributed by atoms with Crippen LogP contribution in [-0.4, -0.2) is 18.4 Å². The van der Waals surface area contributed by atoms with Gasteiger partial charge in [0.1, 0.15) is 5.52 Å². The van der Waals surface area contributed by atoms with Crippen molar-refractivity contribution in [2.75, 3.05) is 4.72 Å². The predicted octanol–water partition coefficient (Wildman–Crippen LogP) is 2.54. The molecule has 1 aromatic heterocycles. The second-order valence-electron chi connectivity index (χ2n) is 4.82. The summed E-state index contributed by atoms with van der Waals surface area (Å²) in [6.07, 6.45) is 1.33. The summed E-state index contributed by atoms with van der Waals surface area (Å²) in [5.74, 6) is 0.123. The molecule has 1 heterocycles. The molecule has 6 nitrogen and oxygen atoms in total. The fraction of sp³-hybridized carbons (Fsp3) is 0.0667. The number of hydrogen-bond donors (Lipinski definition) is 2. The van der Waals surface area contributed by atoms with Crippen LogP contribution in [0.3, 0.4) is 0 Å². The van der Waals surface area contributed by atoms with Gasteiger partial charge in [0.05, 0.1) is 21.6 Å². The zero-order valence-electron chi connectivity index (χ0n) is 11.9. The standard InChI is InChI=1S/C15H13ClN4O2S/c16-12-5-2-6-13-15(12)18-9-14(19-13)20-23(21,22)11-4-1-3-10(7-11)8-17/h1-7,9H,8,17H2,(H,19,20).